The quantitative estimate of drug-likeness (QED) is 0.613. The number of nitrogens with one attached hydrogen (secondary N) is 1. The number of nitrogens with two attached hydrogens (primary N) is 1. The van der Waals surface area contributed by atoms with E-state index in [-0.39, 0.29) is 0 Å². The molecule has 0 aromatic carbocycles. The van der Waals surface area contributed by atoms with Gasteiger partial charge in [0, 0.05) is 24.0 Å². The number of hydrazine groups is 1. The van der Waals surface area contributed by atoms with Crippen LogP contribution in [0.4, 0.5) is 0 Å². The van der Waals surface area contributed by atoms with Crippen molar-refractivity contribution in [2.24, 2.45) is 11.3 Å². The molecule has 0 saturated heterocycles. The first kappa shape index (κ1) is 12.0. The molecule has 1 unspecified atom stereocenters. The molecule has 1 heterocycles. The molecule has 90 valence electrons. The number of rotatable bonds is 5. The fourth-order valence-corrected chi connectivity index (χ4v) is 3.67. The van der Waals surface area contributed by atoms with E-state index in [1.165, 1.54) is 37.1 Å². The Kier molecular flexibility index (Phi) is 3.95. The zero-order valence-corrected chi connectivity index (χ0v) is 10.7. The molecule has 1 aromatic rings. The van der Waals surface area contributed by atoms with Crippen LogP contribution >= 0.6 is 11.3 Å². The molecule has 0 bridgehead atoms. The van der Waals surface area contributed by atoms with E-state index in [4.69, 9.17) is 5.84 Å². The molecule has 0 amide bonds. The van der Waals surface area contributed by atoms with E-state index in [1.807, 2.05) is 11.6 Å². The zero-order chi connectivity index (χ0) is 11.4. The Bertz CT molecular complexity index is 304. The minimum atomic E-state index is 0.381. The highest BCUT2D eigenvalue weighted by Gasteiger charge is 2.39. The largest absolute Gasteiger partial charge is 0.271 e. The summed E-state index contributed by atoms with van der Waals surface area (Å²) in [6.07, 6.45) is 9.39. The van der Waals surface area contributed by atoms with E-state index in [0.717, 1.165) is 6.42 Å². The fourth-order valence-electron chi connectivity index (χ4n) is 3.01. The Labute approximate surface area is 101 Å². The van der Waals surface area contributed by atoms with Gasteiger partial charge < -0.3 is 0 Å². The van der Waals surface area contributed by atoms with Crippen molar-refractivity contribution in [1.82, 2.24) is 10.4 Å². The van der Waals surface area contributed by atoms with Gasteiger partial charge in [-0.3, -0.25) is 11.3 Å². The first-order valence-corrected chi connectivity index (χ1v) is 7.03. The number of hydrogen-bond donors (Lipinski definition) is 2. The van der Waals surface area contributed by atoms with Crippen molar-refractivity contribution in [2.75, 3.05) is 0 Å². The molecule has 3 N–H and O–H groups in total. The summed E-state index contributed by atoms with van der Waals surface area (Å²) in [7, 11) is 0. The third-order valence-electron chi connectivity index (χ3n) is 4.11. The normalized spacial score (nSPS) is 21.1. The third kappa shape index (κ3) is 2.29. The molecular formula is C12H21N3S. The van der Waals surface area contributed by atoms with E-state index in [1.54, 1.807) is 11.3 Å². The van der Waals surface area contributed by atoms with Crippen LogP contribution in [-0.2, 0) is 6.42 Å². The molecule has 1 aliphatic rings. The summed E-state index contributed by atoms with van der Waals surface area (Å²) < 4.78 is 0. The first-order valence-electron chi connectivity index (χ1n) is 6.15. The number of hydrogen-bond acceptors (Lipinski definition) is 4. The minimum Gasteiger partial charge on any atom is -0.271 e. The maximum atomic E-state index is 5.76. The summed E-state index contributed by atoms with van der Waals surface area (Å²) in [5.74, 6) is 5.76. The molecule has 1 saturated carbocycles. The standard InChI is InChI=1S/C12H21N3S/c1-2-12(5-3-4-6-12)10(15-13)9-11-14-7-8-16-11/h7-8,10,15H,2-6,9,13H2,1H3. The second-order valence-corrected chi connectivity index (χ2v) is 5.75. The molecular weight excluding hydrogens is 218 g/mol. The predicted molar refractivity (Wildman–Crippen MR) is 68.1 cm³/mol. The molecule has 2 rings (SSSR count). The summed E-state index contributed by atoms with van der Waals surface area (Å²) in [6, 6.07) is 0.381. The zero-order valence-electron chi connectivity index (χ0n) is 9.91. The van der Waals surface area contributed by atoms with Gasteiger partial charge in [-0.15, -0.1) is 11.3 Å². The van der Waals surface area contributed by atoms with E-state index in [9.17, 15) is 0 Å². The average Bonchev–Trinajstić information content (AvgIpc) is 2.97. The summed E-state index contributed by atoms with van der Waals surface area (Å²) in [6.45, 7) is 2.29. The van der Waals surface area contributed by atoms with Crippen LogP contribution in [-0.4, -0.2) is 11.0 Å². The second-order valence-electron chi connectivity index (χ2n) is 4.77. The van der Waals surface area contributed by atoms with Crippen LogP contribution in [0.5, 0.6) is 0 Å². The van der Waals surface area contributed by atoms with Crippen LogP contribution in [0.3, 0.4) is 0 Å². The van der Waals surface area contributed by atoms with Gasteiger partial charge >= 0.3 is 0 Å². The molecule has 0 radical (unpaired) electrons. The number of aromatic nitrogens is 1. The van der Waals surface area contributed by atoms with Crippen molar-refractivity contribution in [3.8, 4) is 0 Å². The van der Waals surface area contributed by atoms with E-state index in [0.29, 0.717) is 11.5 Å². The molecule has 4 heteroatoms. The molecule has 1 aromatic heterocycles. The van der Waals surface area contributed by atoms with Crippen LogP contribution in [0, 0.1) is 5.41 Å². The van der Waals surface area contributed by atoms with Gasteiger partial charge in [0.1, 0.15) is 0 Å². The van der Waals surface area contributed by atoms with Gasteiger partial charge in [-0.05, 0) is 24.7 Å². The van der Waals surface area contributed by atoms with Crippen LogP contribution in [0.15, 0.2) is 11.6 Å². The summed E-state index contributed by atoms with van der Waals surface area (Å²) in [4.78, 5) is 4.36. The van der Waals surface area contributed by atoms with E-state index >= 15 is 0 Å². The SMILES string of the molecule is CCC1(C(Cc2nccs2)NN)CCCC1. The molecule has 1 aliphatic carbocycles. The van der Waals surface area contributed by atoms with Crippen molar-refractivity contribution >= 4 is 11.3 Å². The summed E-state index contributed by atoms with van der Waals surface area (Å²) in [5.41, 5.74) is 3.44. The second kappa shape index (κ2) is 5.25. The molecule has 3 nitrogen and oxygen atoms in total. The maximum Gasteiger partial charge on any atom is 0.0941 e. The lowest BCUT2D eigenvalue weighted by molar-refractivity contribution is 0.185. The molecule has 16 heavy (non-hydrogen) atoms. The highest BCUT2D eigenvalue weighted by Crippen LogP contribution is 2.44. The van der Waals surface area contributed by atoms with Crippen molar-refractivity contribution < 1.29 is 0 Å². The minimum absolute atomic E-state index is 0.381. The lowest BCUT2D eigenvalue weighted by Crippen LogP contribution is -2.48. The topological polar surface area (TPSA) is 50.9 Å². The maximum absolute atomic E-state index is 5.76. The molecule has 0 aliphatic heterocycles. The van der Waals surface area contributed by atoms with Crippen molar-refractivity contribution in [3.63, 3.8) is 0 Å². The lowest BCUT2D eigenvalue weighted by atomic mass is 9.75. The smallest absolute Gasteiger partial charge is 0.0941 e. The van der Waals surface area contributed by atoms with Crippen molar-refractivity contribution in [3.05, 3.63) is 16.6 Å². The van der Waals surface area contributed by atoms with Crippen LogP contribution in [0.2, 0.25) is 0 Å². The number of nitrogens with zero attached hydrogens (tertiary/aromatic N) is 1. The lowest BCUT2D eigenvalue weighted by Gasteiger charge is -2.36. The van der Waals surface area contributed by atoms with Crippen LogP contribution in [0.25, 0.3) is 0 Å². The van der Waals surface area contributed by atoms with Gasteiger partial charge in [0.2, 0.25) is 0 Å². The third-order valence-corrected chi connectivity index (χ3v) is 4.91. The Morgan fingerprint density at radius 3 is 2.81 bits per heavy atom. The monoisotopic (exact) mass is 239 g/mol. The Morgan fingerprint density at radius 2 is 2.31 bits per heavy atom. The Balaban J connectivity index is 2.08. The van der Waals surface area contributed by atoms with Gasteiger partial charge in [0.15, 0.2) is 0 Å². The predicted octanol–water partition coefficient (Wildman–Crippen LogP) is 2.49. The van der Waals surface area contributed by atoms with Gasteiger partial charge in [-0.1, -0.05) is 19.8 Å². The molecule has 1 fully saturated rings. The van der Waals surface area contributed by atoms with Gasteiger partial charge in [-0.2, -0.15) is 0 Å². The van der Waals surface area contributed by atoms with Crippen LogP contribution in [0.1, 0.15) is 44.0 Å². The summed E-state index contributed by atoms with van der Waals surface area (Å²) >= 11 is 1.73. The number of thiazole rings is 1. The van der Waals surface area contributed by atoms with Crippen molar-refractivity contribution in [2.45, 2.75) is 51.5 Å². The Hall–Kier alpha value is -0.450. The highest BCUT2D eigenvalue weighted by atomic mass is 32.1. The van der Waals surface area contributed by atoms with Gasteiger partial charge in [0.05, 0.1) is 5.01 Å². The molecule has 0 spiro atoms. The first-order chi connectivity index (χ1) is 7.80. The average molecular weight is 239 g/mol. The van der Waals surface area contributed by atoms with Gasteiger partial charge in [-0.25, -0.2) is 4.98 Å². The fraction of sp³-hybridized carbons (Fsp3) is 0.750. The summed E-state index contributed by atoms with van der Waals surface area (Å²) in [5, 5.41) is 3.23. The molecule has 1 atom stereocenters. The van der Waals surface area contributed by atoms with Crippen LogP contribution < -0.4 is 11.3 Å². The highest BCUT2D eigenvalue weighted by molar-refractivity contribution is 7.09. The van der Waals surface area contributed by atoms with Gasteiger partial charge in [0.25, 0.3) is 0 Å². The van der Waals surface area contributed by atoms with E-state index < -0.39 is 0 Å². The van der Waals surface area contributed by atoms with Crippen molar-refractivity contribution in [1.29, 1.82) is 0 Å². The Morgan fingerprint density at radius 1 is 1.56 bits per heavy atom. The van der Waals surface area contributed by atoms with E-state index in [2.05, 4.69) is 17.3 Å².